The molecule has 1 atom stereocenters. The van der Waals surface area contributed by atoms with Gasteiger partial charge in [0.2, 0.25) is 0 Å². The molecule has 94 valence electrons. The van der Waals surface area contributed by atoms with Crippen LogP contribution in [-0.2, 0) is 0 Å². The van der Waals surface area contributed by atoms with E-state index in [-0.39, 0.29) is 0 Å². The molecule has 2 aromatic rings. The van der Waals surface area contributed by atoms with E-state index in [0.29, 0.717) is 0 Å². The van der Waals surface area contributed by atoms with E-state index in [1.54, 1.807) is 7.11 Å². The zero-order chi connectivity index (χ0) is 13.1. The predicted molar refractivity (Wildman–Crippen MR) is 75.9 cm³/mol. The average molecular weight is 307 g/mol. The van der Waals surface area contributed by atoms with Crippen LogP contribution >= 0.6 is 15.9 Å². The van der Waals surface area contributed by atoms with E-state index >= 15 is 0 Å². The molecule has 0 aliphatic carbocycles. The minimum absolute atomic E-state index is 0.618. The summed E-state index contributed by atoms with van der Waals surface area (Å²) in [6.07, 6.45) is -0.618. The highest BCUT2D eigenvalue weighted by atomic mass is 79.9. The quantitative estimate of drug-likeness (QED) is 0.933. The van der Waals surface area contributed by atoms with E-state index in [0.717, 1.165) is 26.9 Å². The molecule has 0 amide bonds. The summed E-state index contributed by atoms with van der Waals surface area (Å²) in [5, 5.41) is 10.3. The SMILES string of the molecule is COc1ccc(C(O)c2cccc(Br)c2)cc1C. The molecule has 2 nitrogen and oxygen atoms in total. The van der Waals surface area contributed by atoms with Crippen molar-refractivity contribution in [1.29, 1.82) is 0 Å². The van der Waals surface area contributed by atoms with Crippen molar-refractivity contribution in [3.8, 4) is 5.75 Å². The zero-order valence-corrected chi connectivity index (χ0v) is 11.9. The molecule has 3 heteroatoms. The number of aryl methyl sites for hydroxylation is 1. The van der Waals surface area contributed by atoms with Gasteiger partial charge in [0.15, 0.2) is 0 Å². The third-order valence-corrected chi connectivity index (χ3v) is 3.39. The highest BCUT2D eigenvalue weighted by Crippen LogP contribution is 2.27. The molecule has 0 heterocycles. The minimum atomic E-state index is -0.618. The van der Waals surface area contributed by atoms with Crippen LogP contribution in [0.4, 0.5) is 0 Å². The Hall–Kier alpha value is -1.32. The molecule has 0 bridgehead atoms. The molecule has 0 saturated heterocycles. The maximum absolute atomic E-state index is 10.3. The Balaban J connectivity index is 2.34. The smallest absolute Gasteiger partial charge is 0.121 e. The van der Waals surface area contributed by atoms with Gasteiger partial charge in [0.1, 0.15) is 11.9 Å². The highest BCUT2D eigenvalue weighted by molar-refractivity contribution is 9.10. The Bertz CT molecular complexity index is 552. The fourth-order valence-electron chi connectivity index (χ4n) is 1.94. The molecule has 0 spiro atoms. The highest BCUT2D eigenvalue weighted by Gasteiger charge is 2.12. The van der Waals surface area contributed by atoms with E-state index in [4.69, 9.17) is 4.74 Å². The molecule has 0 radical (unpaired) electrons. The van der Waals surface area contributed by atoms with Gasteiger partial charge in [-0.3, -0.25) is 0 Å². The average Bonchev–Trinajstić information content (AvgIpc) is 2.37. The number of benzene rings is 2. The molecule has 18 heavy (non-hydrogen) atoms. The summed E-state index contributed by atoms with van der Waals surface area (Å²) < 4.78 is 6.18. The van der Waals surface area contributed by atoms with Crippen molar-refractivity contribution < 1.29 is 9.84 Å². The van der Waals surface area contributed by atoms with E-state index in [1.807, 2.05) is 49.4 Å². The summed E-state index contributed by atoms with van der Waals surface area (Å²) in [5.74, 6) is 0.834. The van der Waals surface area contributed by atoms with Gasteiger partial charge in [-0.15, -0.1) is 0 Å². The molecule has 0 aromatic heterocycles. The molecule has 0 aliphatic heterocycles. The van der Waals surface area contributed by atoms with E-state index < -0.39 is 6.10 Å². The zero-order valence-electron chi connectivity index (χ0n) is 10.4. The third kappa shape index (κ3) is 2.74. The van der Waals surface area contributed by atoms with Crippen LogP contribution in [0, 0.1) is 6.92 Å². The second-order valence-electron chi connectivity index (χ2n) is 4.19. The molecule has 2 aromatic carbocycles. The topological polar surface area (TPSA) is 29.5 Å². The molecule has 0 saturated carbocycles. The summed E-state index contributed by atoms with van der Waals surface area (Å²) >= 11 is 3.41. The lowest BCUT2D eigenvalue weighted by Crippen LogP contribution is -2.00. The fourth-order valence-corrected chi connectivity index (χ4v) is 2.36. The van der Waals surface area contributed by atoms with Crippen LogP contribution in [-0.4, -0.2) is 12.2 Å². The van der Waals surface area contributed by atoms with Crippen LogP contribution < -0.4 is 4.74 Å². The largest absolute Gasteiger partial charge is 0.496 e. The van der Waals surface area contributed by atoms with Crippen LogP contribution in [0.15, 0.2) is 46.9 Å². The molecular weight excluding hydrogens is 292 g/mol. The molecule has 1 unspecified atom stereocenters. The summed E-state index contributed by atoms with van der Waals surface area (Å²) in [6, 6.07) is 13.4. The summed E-state index contributed by atoms with van der Waals surface area (Å²) in [5.41, 5.74) is 2.75. The monoisotopic (exact) mass is 306 g/mol. The van der Waals surface area contributed by atoms with Crippen LogP contribution in [0.5, 0.6) is 5.75 Å². The molecule has 0 aliphatic rings. The minimum Gasteiger partial charge on any atom is -0.496 e. The number of halogens is 1. The second-order valence-corrected chi connectivity index (χ2v) is 5.10. The number of hydrogen-bond acceptors (Lipinski definition) is 2. The molecule has 0 fully saturated rings. The first-order chi connectivity index (χ1) is 8.61. The van der Waals surface area contributed by atoms with Gasteiger partial charge in [0.05, 0.1) is 7.11 Å². The standard InChI is InChI=1S/C15H15BrO2/c1-10-8-12(6-7-14(10)18-2)15(17)11-4-3-5-13(16)9-11/h3-9,15,17H,1-2H3. The van der Waals surface area contributed by atoms with Crippen molar-refractivity contribution in [2.24, 2.45) is 0 Å². The van der Waals surface area contributed by atoms with Gasteiger partial charge in [-0.2, -0.15) is 0 Å². The summed E-state index contributed by atoms with van der Waals surface area (Å²) in [7, 11) is 1.65. The number of methoxy groups -OCH3 is 1. The maximum atomic E-state index is 10.3. The van der Waals surface area contributed by atoms with Crippen molar-refractivity contribution in [3.63, 3.8) is 0 Å². The Morgan fingerprint density at radius 1 is 1.11 bits per heavy atom. The second kappa shape index (κ2) is 5.55. The lowest BCUT2D eigenvalue weighted by molar-refractivity contribution is 0.220. The normalized spacial score (nSPS) is 12.2. The van der Waals surface area contributed by atoms with Crippen molar-refractivity contribution in [3.05, 3.63) is 63.6 Å². The third-order valence-electron chi connectivity index (χ3n) is 2.90. The van der Waals surface area contributed by atoms with E-state index in [1.165, 1.54) is 0 Å². The van der Waals surface area contributed by atoms with Crippen LogP contribution in [0.3, 0.4) is 0 Å². The predicted octanol–water partition coefficient (Wildman–Crippen LogP) is 3.85. The van der Waals surface area contributed by atoms with Gasteiger partial charge in [-0.05, 0) is 47.9 Å². The van der Waals surface area contributed by atoms with Gasteiger partial charge >= 0.3 is 0 Å². The number of ether oxygens (including phenoxy) is 1. The van der Waals surface area contributed by atoms with Gasteiger partial charge in [-0.1, -0.05) is 34.1 Å². The van der Waals surface area contributed by atoms with Crippen LogP contribution in [0.2, 0.25) is 0 Å². The first-order valence-electron chi connectivity index (χ1n) is 5.70. The molecular formula is C15H15BrO2. The lowest BCUT2D eigenvalue weighted by Gasteiger charge is -2.14. The Kier molecular flexibility index (Phi) is 4.04. The fraction of sp³-hybridized carbons (Fsp3) is 0.200. The van der Waals surface area contributed by atoms with Crippen molar-refractivity contribution in [2.45, 2.75) is 13.0 Å². The van der Waals surface area contributed by atoms with Crippen molar-refractivity contribution in [1.82, 2.24) is 0 Å². The first-order valence-corrected chi connectivity index (χ1v) is 6.49. The van der Waals surface area contributed by atoms with Crippen LogP contribution in [0.25, 0.3) is 0 Å². The van der Waals surface area contributed by atoms with E-state index in [2.05, 4.69) is 15.9 Å². The number of hydrogen-bond donors (Lipinski definition) is 1. The first kappa shape index (κ1) is 13.1. The summed E-state index contributed by atoms with van der Waals surface area (Å²) in [4.78, 5) is 0. The Labute approximate surface area is 115 Å². The van der Waals surface area contributed by atoms with Crippen LogP contribution in [0.1, 0.15) is 22.8 Å². The van der Waals surface area contributed by atoms with Gasteiger partial charge < -0.3 is 9.84 Å². The van der Waals surface area contributed by atoms with Crippen molar-refractivity contribution in [2.75, 3.05) is 7.11 Å². The number of rotatable bonds is 3. The van der Waals surface area contributed by atoms with Gasteiger partial charge in [-0.25, -0.2) is 0 Å². The molecule has 2 rings (SSSR count). The van der Waals surface area contributed by atoms with Gasteiger partial charge in [0.25, 0.3) is 0 Å². The Morgan fingerprint density at radius 3 is 2.44 bits per heavy atom. The summed E-state index contributed by atoms with van der Waals surface area (Å²) in [6.45, 7) is 1.97. The van der Waals surface area contributed by atoms with E-state index in [9.17, 15) is 5.11 Å². The Morgan fingerprint density at radius 2 is 1.83 bits per heavy atom. The number of aliphatic hydroxyl groups is 1. The number of aliphatic hydroxyl groups excluding tert-OH is 1. The van der Waals surface area contributed by atoms with Crippen molar-refractivity contribution >= 4 is 15.9 Å². The van der Waals surface area contributed by atoms with Gasteiger partial charge in [0, 0.05) is 4.47 Å². The lowest BCUT2D eigenvalue weighted by atomic mass is 10.00. The molecule has 1 N–H and O–H groups in total. The maximum Gasteiger partial charge on any atom is 0.121 e.